The van der Waals surface area contributed by atoms with Crippen LogP contribution in [-0.2, 0) is 4.79 Å². The van der Waals surface area contributed by atoms with E-state index in [1.807, 2.05) is 18.2 Å². The monoisotopic (exact) mass is 281 g/mol. The molecule has 0 unspecified atom stereocenters. The summed E-state index contributed by atoms with van der Waals surface area (Å²) < 4.78 is 0.759. The summed E-state index contributed by atoms with van der Waals surface area (Å²) in [6.45, 7) is 0.619. The predicted molar refractivity (Wildman–Crippen MR) is 65.8 cm³/mol. The van der Waals surface area contributed by atoms with Crippen molar-refractivity contribution in [3.8, 4) is 6.07 Å². The highest BCUT2D eigenvalue weighted by Gasteiger charge is 2.04. The number of carbonyl (C=O) groups is 1. The number of hydrogen-bond donors (Lipinski definition) is 2. The number of amides is 1. The van der Waals surface area contributed by atoms with E-state index in [1.165, 1.54) is 0 Å². The van der Waals surface area contributed by atoms with Gasteiger partial charge >= 0.3 is 0 Å². The van der Waals surface area contributed by atoms with Crippen molar-refractivity contribution >= 4 is 27.5 Å². The second-order valence-electron chi connectivity index (χ2n) is 3.27. The van der Waals surface area contributed by atoms with Crippen molar-refractivity contribution in [2.75, 3.05) is 11.9 Å². The molecule has 84 valence electrons. The molecule has 0 spiro atoms. The SMILES string of the molecule is N#Cc1c(Br)cccc1NCCCC(N)=O. The van der Waals surface area contributed by atoms with Crippen molar-refractivity contribution in [3.63, 3.8) is 0 Å². The summed E-state index contributed by atoms with van der Waals surface area (Å²) in [4.78, 5) is 10.5. The number of nitriles is 1. The van der Waals surface area contributed by atoms with Gasteiger partial charge < -0.3 is 11.1 Å². The first-order valence-corrected chi connectivity index (χ1v) is 5.65. The lowest BCUT2D eigenvalue weighted by atomic mass is 10.2. The summed E-state index contributed by atoms with van der Waals surface area (Å²) in [6.07, 6.45) is 1.01. The van der Waals surface area contributed by atoms with Crippen LogP contribution >= 0.6 is 15.9 Å². The Kier molecular flexibility index (Phi) is 4.80. The Balaban J connectivity index is 2.58. The lowest BCUT2D eigenvalue weighted by Crippen LogP contribution is -2.13. The Morgan fingerprint density at radius 2 is 2.31 bits per heavy atom. The number of primary amides is 1. The molecule has 0 fully saturated rings. The third-order valence-electron chi connectivity index (χ3n) is 2.04. The number of benzene rings is 1. The maximum absolute atomic E-state index is 10.5. The molecule has 0 saturated carbocycles. The Labute approximate surface area is 103 Å². The van der Waals surface area contributed by atoms with E-state index in [9.17, 15) is 4.79 Å². The minimum Gasteiger partial charge on any atom is -0.384 e. The molecular formula is C11H12BrN3O. The van der Waals surface area contributed by atoms with Crippen LogP contribution in [0.5, 0.6) is 0 Å². The van der Waals surface area contributed by atoms with Crippen molar-refractivity contribution in [1.29, 1.82) is 5.26 Å². The average Bonchev–Trinajstić information content (AvgIpc) is 2.24. The summed E-state index contributed by atoms with van der Waals surface area (Å²) in [5, 5.41) is 12.0. The fourth-order valence-corrected chi connectivity index (χ4v) is 1.73. The van der Waals surface area contributed by atoms with Crippen molar-refractivity contribution in [3.05, 3.63) is 28.2 Å². The Bertz CT molecular complexity index is 426. The van der Waals surface area contributed by atoms with Crippen LogP contribution in [0.25, 0.3) is 0 Å². The molecule has 1 amide bonds. The highest BCUT2D eigenvalue weighted by atomic mass is 79.9. The second-order valence-corrected chi connectivity index (χ2v) is 4.13. The first-order valence-electron chi connectivity index (χ1n) is 4.86. The van der Waals surface area contributed by atoms with E-state index in [0.29, 0.717) is 24.9 Å². The van der Waals surface area contributed by atoms with Gasteiger partial charge in [-0.15, -0.1) is 0 Å². The van der Waals surface area contributed by atoms with Gasteiger partial charge in [-0.25, -0.2) is 0 Å². The molecule has 0 atom stereocenters. The van der Waals surface area contributed by atoms with Crippen molar-refractivity contribution in [2.45, 2.75) is 12.8 Å². The molecular weight excluding hydrogens is 270 g/mol. The standard InChI is InChI=1S/C11H12BrN3O/c12-9-3-1-4-10(8(9)7-13)15-6-2-5-11(14)16/h1,3-4,15H,2,5-6H2,(H2,14,16). The van der Waals surface area contributed by atoms with Crippen LogP contribution in [0.3, 0.4) is 0 Å². The largest absolute Gasteiger partial charge is 0.384 e. The zero-order valence-corrected chi connectivity index (χ0v) is 10.3. The first kappa shape index (κ1) is 12.5. The first-order chi connectivity index (χ1) is 7.65. The van der Waals surface area contributed by atoms with Crippen LogP contribution in [0.1, 0.15) is 18.4 Å². The molecule has 0 aromatic heterocycles. The van der Waals surface area contributed by atoms with Gasteiger partial charge in [0.2, 0.25) is 5.91 Å². The number of hydrogen-bond acceptors (Lipinski definition) is 3. The van der Waals surface area contributed by atoms with Gasteiger partial charge in [0, 0.05) is 17.4 Å². The van der Waals surface area contributed by atoms with Gasteiger partial charge in [-0.3, -0.25) is 4.79 Å². The highest BCUT2D eigenvalue weighted by molar-refractivity contribution is 9.10. The van der Waals surface area contributed by atoms with Gasteiger partial charge in [-0.2, -0.15) is 5.26 Å². The summed E-state index contributed by atoms with van der Waals surface area (Å²) in [7, 11) is 0. The van der Waals surface area contributed by atoms with Crippen LogP contribution in [0.15, 0.2) is 22.7 Å². The normalized spacial score (nSPS) is 9.50. The fraction of sp³-hybridized carbons (Fsp3) is 0.273. The minimum absolute atomic E-state index is 0.309. The maximum atomic E-state index is 10.5. The van der Waals surface area contributed by atoms with E-state index >= 15 is 0 Å². The van der Waals surface area contributed by atoms with Gasteiger partial charge in [-0.1, -0.05) is 6.07 Å². The van der Waals surface area contributed by atoms with Gasteiger partial charge in [0.1, 0.15) is 6.07 Å². The Hall–Kier alpha value is -1.54. The molecule has 1 rings (SSSR count). The molecule has 1 aromatic carbocycles. The van der Waals surface area contributed by atoms with Crippen LogP contribution in [-0.4, -0.2) is 12.5 Å². The molecule has 0 aliphatic heterocycles. The number of rotatable bonds is 5. The van der Waals surface area contributed by atoms with Crippen molar-refractivity contribution in [1.82, 2.24) is 0 Å². The van der Waals surface area contributed by atoms with Crippen LogP contribution in [0.4, 0.5) is 5.69 Å². The van der Waals surface area contributed by atoms with Crippen molar-refractivity contribution < 1.29 is 4.79 Å². The number of nitrogens with one attached hydrogen (secondary N) is 1. The minimum atomic E-state index is -0.309. The molecule has 3 N–H and O–H groups in total. The topological polar surface area (TPSA) is 78.9 Å². The number of halogens is 1. The van der Waals surface area contributed by atoms with Crippen LogP contribution < -0.4 is 11.1 Å². The van der Waals surface area contributed by atoms with Crippen LogP contribution in [0, 0.1) is 11.3 Å². The van der Waals surface area contributed by atoms with E-state index in [4.69, 9.17) is 11.0 Å². The Morgan fingerprint density at radius 1 is 1.56 bits per heavy atom. The molecule has 4 nitrogen and oxygen atoms in total. The molecule has 16 heavy (non-hydrogen) atoms. The molecule has 0 aliphatic carbocycles. The number of carbonyl (C=O) groups excluding carboxylic acids is 1. The lowest BCUT2D eigenvalue weighted by Gasteiger charge is -2.08. The zero-order chi connectivity index (χ0) is 12.0. The fourth-order valence-electron chi connectivity index (χ4n) is 1.27. The van der Waals surface area contributed by atoms with E-state index < -0.39 is 0 Å². The van der Waals surface area contributed by atoms with Gasteiger partial charge in [0.15, 0.2) is 0 Å². The average molecular weight is 282 g/mol. The van der Waals surface area contributed by atoms with Gasteiger partial charge in [-0.05, 0) is 34.5 Å². The smallest absolute Gasteiger partial charge is 0.217 e. The molecule has 5 heteroatoms. The third-order valence-corrected chi connectivity index (χ3v) is 2.70. The molecule has 1 aromatic rings. The maximum Gasteiger partial charge on any atom is 0.217 e. The van der Waals surface area contributed by atoms with Crippen molar-refractivity contribution in [2.24, 2.45) is 5.73 Å². The number of anilines is 1. The number of nitrogens with two attached hydrogens (primary N) is 1. The number of nitrogens with zero attached hydrogens (tertiary/aromatic N) is 1. The van der Waals surface area contributed by atoms with E-state index in [-0.39, 0.29) is 5.91 Å². The van der Waals surface area contributed by atoms with Gasteiger partial charge in [0.05, 0.1) is 11.3 Å². The highest BCUT2D eigenvalue weighted by Crippen LogP contribution is 2.23. The molecule has 0 aliphatic rings. The van der Waals surface area contributed by atoms with E-state index in [0.717, 1.165) is 10.2 Å². The lowest BCUT2D eigenvalue weighted by molar-refractivity contribution is -0.118. The molecule has 0 saturated heterocycles. The van der Waals surface area contributed by atoms with Crippen LogP contribution in [0.2, 0.25) is 0 Å². The quantitative estimate of drug-likeness (QED) is 0.811. The zero-order valence-electron chi connectivity index (χ0n) is 8.66. The molecule has 0 radical (unpaired) electrons. The molecule has 0 heterocycles. The molecule has 0 bridgehead atoms. The third kappa shape index (κ3) is 3.55. The summed E-state index contributed by atoms with van der Waals surface area (Å²) in [5.74, 6) is -0.309. The second kappa shape index (κ2) is 6.13. The summed E-state index contributed by atoms with van der Waals surface area (Å²) >= 11 is 3.30. The van der Waals surface area contributed by atoms with E-state index in [1.54, 1.807) is 0 Å². The predicted octanol–water partition coefficient (Wildman–Crippen LogP) is 2.00. The van der Waals surface area contributed by atoms with Gasteiger partial charge in [0.25, 0.3) is 0 Å². The van der Waals surface area contributed by atoms with E-state index in [2.05, 4.69) is 27.3 Å². The summed E-state index contributed by atoms with van der Waals surface area (Å²) in [6, 6.07) is 7.60. The Morgan fingerprint density at radius 3 is 2.94 bits per heavy atom. The summed E-state index contributed by atoms with van der Waals surface area (Å²) in [5.41, 5.74) is 6.36.